The van der Waals surface area contributed by atoms with Crippen molar-refractivity contribution in [1.82, 2.24) is 9.62 Å². The van der Waals surface area contributed by atoms with Gasteiger partial charge in [-0.2, -0.15) is 0 Å². The van der Waals surface area contributed by atoms with Crippen LogP contribution in [0.3, 0.4) is 0 Å². The summed E-state index contributed by atoms with van der Waals surface area (Å²) < 4.78 is 30.8. The Morgan fingerprint density at radius 2 is 2.10 bits per heavy atom. The number of methoxy groups -OCH3 is 1. The maximum absolute atomic E-state index is 12.5. The number of nitrogens with one attached hydrogen (secondary N) is 1. The minimum Gasteiger partial charge on any atom is -0.465 e. The lowest BCUT2D eigenvalue weighted by Crippen LogP contribution is -2.30. The van der Waals surface area contributed by atoms with Crippen molar-refractivity contribution >= 4 is 27.6 Å². The molecule has 0 aliphatic rings. The third-order valence-corrected chi connectivity index (χ3v) is 5.28. The number of esters is 1. The van der Waals surface area contributed by atoms with E-state index in [0.29, 0.717) is 19.5 Å². The Bertz CT molecular complexity index is 604. The van der Waals surface area contributed by atoms with Crippen LogP contribution < -0.4 is 5.32 Å². The molecule has 1 aromatic carbocycles. The third kappa shape index (κ3) is 4.41. The molecule has 8 heteroatoms. The molecule has 0 spiro atoms. The predicted molar refractivity (Wildman–Crippen MR) is 81.2 cm³/mol. The number of ether oxygens (including phenoxy) is 1. The molecule has 0 atom stereocenters. The fraction of sp³-hybridized carbons (Fsp3) is 0.462. The molecular weight excluding hydrogens is 316 g/mol. The predicted octanol–water partition coefficient (Wildman–Crippen LogP) is 1.36. The van der Waals surface area contributed by atoms with E-state index in [9.17, 15) is 13.2 Å². The number of benzene rings is 1. The summed E-state index contributed by atoms with van der Waals surface area (Å²) in [5, 5.41) is 3.02. The minimum atomic E-state index is -3.75. The molecule has 0 unspecified atom stereocenters. The monoisotopic (exact) mass is 334 g/mol. The van der Waals surface area contributed by atoms with Crippen molar-refractivity contribution in [2.75, 3.05) is 34.3 Å². The van der Waals surface area contributed by atoms with Gasteiger partial charge in [-0.05, 0) is 38.2 Å². The molecule has 0 fully saturated rings. The Morgan fingerprint density at radius 1 is 1.43 bits per heavy atom. The minimum absolute atomic E-state index is 0.0723. The first-order chi connectivity index (χ1) is 9.84. The van der Waals surface area contributed by atoms with Crippen LogP contribution in [0.4, 0.5) is 0 Å². The first-order valence-electron chi connectivity index (χ1n) is 6.33. The molecule has 1 rings (SSSR count). The van der Waals surface area contributed by atoms with Gasteiger partial charge in [-0.15, -0.1) is 0 Å². The van der Waals surface area contributed by atoms with Gasteiger partial charge in [0.25, 0.3) is 0 Å². The summed E-state index contributed by atoms with van der Waals surface area (Å²) in [6.07, 6.45) is 0.667. The quantitative estimate of drug-likeness (QED) is 0.602. The van der Waals surface area contributed by atoms with Gasteiger partial charge in [0.15, 0.2) is 0 Å². The Morgan fingerprint density at radius 3 is 2.67 bits per heavy atom. The zero-order valence-corrected chi connectivity index (χ0v) is 13.8. The van der Waals surface area contributed by atoms with Gasteiger partial charge in [0.05, 0.1) is 17.7 Å². The summed E-state index contributed by atoms with van der Waals surface area (Å²) in [4.78, 5) is 11.4. The summed E-state index contributed by atoms with van der Waals surface area (Å²) in [6, 6.07) is 4.04. The van der Waals surface area contributed by atoms with E-state index >= 15 is 0 Å². The van der Waals surface area contributed by atoms with Crippen molar-refractivity contribution in [3.05, 3.63) is 28.8 Å². The van der Waals surface area contributed by atoms with Crippen LogP contribution in [-0.4, -0.2) is 53.0 Å². The van der Waals surface area contributed by atoms with Crippen molar-refractivity contribution in [2.45, 2.75) is 11.3 Å². The van der Waals surface area contributed by atoms with E-state index in [-0.39, 0.29) is 15.5 Å². The Labute approximate surface area is 130 Å². The van der Waals surface area contributed by atoms with E-state index in [2.05, 4.69) is 10.1 Å². The van der Waals surface area contributed by atoms with Gasteiger partial charge in [0.2, 0.25) is 10.0 Å². The molecule has 118 valence electrons. The van der Waals surface area contributed by atoms with Gasteiger partial charge < -0.3 is 10.1 Å². The van der Waals surface area contributed by atoms with E-state index in [0.717, 1.165) is 0 Å². The number of halogens is 1. The fourth-order valence-electron chi connectivity index (χ4n) is 1.71. The summed E-state index contributed by atoms with van der Waals surface area (Å²) in [5.74, 6) is -0.610. The molecule has 0 aliphatic heterocycles. The molecular formula is C13H19ClN2O4S. The lowest BCUT2D eigenvalue weighted by atomic mass is 10.2. The van der Waals surface area contributed by atoms with E-state index in [1.165, 1.54) is 36.7 Å². The SMILES string of the molecule is CNCCCN(C)S(=O)(=O)c1cc(C(=O)OC)ccc1Cl. The molecule has 1 N–H and O–H groups in total. The van der Waals surface area contributed by atoms with Crippen LogP contribution in [-0.2, 0) is 14.8 Å². The van der Waals surface area contributed by atoms with Crippen molar-refractivity contribution in [3.63, 3.8) is 0 Å². The highest BCUT2D eigenvalue weighted by molar-refractivity contribution is 7.89. The Balaban J connectivity index is 3.09. The molecule has 0 heterocycles. The topological polar surface area (TPSA) is 75.7 Å². The van der Waals surface area contributed by atoms with Crippen LogP contribution in [0.2, 0.25) is 5.02 Å². The van der Waals surface area contributed by atoms with Gasteiger partial charge >= 0.3 is 5.97 Å². The van der Waals surface area contributed by atoms with Gasteiger partial charge in [-0.3, -0.25) is 0 Å². The van der Waals surface area contributed by atoms with E-state index in [4.69, 9.17) is 11.6 Å². The average Bonchev–Trinajstić information content (AvgIpc) is 2.46. The summed E-state index contributed by atoms with van der Waals surface area (Å²) in [6.45, 7) is 1.05. The van der Waals surface area contributed by atoms with Gasteiger partial charge in [0, 0.05) is 13.6 Å². The van der Waals surface area contributed by atoms with Gasteiger partial charge in [0.1, 0.15) is 4.90 Å². The number of nitrogens with zero attached hydrogens (tertiary/aromatic N) is 1. The van der Waals surface area contributed by atoms with Gasteiger partial charge in [-0.25, -0.2) is 17.5 Å². The highest BCUT2D eigenvalue weighted by Gasteiger charge is 2.24. The number of carbonyl (C=O) groups is 1. The maximum Gasteiger partial charge on any atom is 0.337 e. The number of sulfonamides is 1. The molecule has 0 aliphatic carbocycles. The van der Waals surface area contributed by atoms with Crippen molar-refractivity contribution in [1.29, 1.82) is 0 Å². The smallest absolute Gasteiger partial charge is 0.337 e. The largest absolute Gasteiger partial charge is 0.465 e. The van der Waals surface area contributed by atoms with E-state index in [1.807, 2.05) is 0 Å². The van der Waals surface area contributed by atoms with E-state index in [1.54, 1.807) is 7.05 Å². The fourth-order valence-corrected chi connectivity index (χ4v) is 3.42. The maximum atomic E-state index is 12.5. The second-order valence-corrected chi connectivity index (χ2v) is 6.84. The molecule has 0 amide bonds. The van der Waals surface area contributed by atoms with Crippen LogP contribution in [0.15, 0.2) is 23.1 Å². The zero-order chi connectivity index (χ0) is 16.0. The zero-order valence-electron chi connectivity index (χ0n) is 12.2. The third-order valence-electron chi connectivity index (χ3n) is 2.94. The lowest BCUT2D eigenvalue weighted by Gasteiger charge is -2.18. The van der Waals surface area contributed by atoms with E-state index < -0.39 is 16.0 Å². The van der Waals surface area contributed by atoms with Crippen molar-refractivity contribution in [2.24, 2.45) is 0 Å². The molecule has 0 radical (unpaired) electrons. The Kier molecular flexibility index (Phi) is 6.60. The second-order valence-electron chi connectivity index (χ2n) is 4.42. The number of carbonyl (C=O) groups excluding carboxylic acids is 1. The second kappa shape index (κ2) is 7.74. The first kappa shape index (κ1) is 17.9. The Hall–Kier alpha value is -1.15. The van der Waals surface area contributed by atoms with Crippen molar-refractivity contribution in [3.8, 4) is 0 Å². The summed E-state index contributed by atoms with van der Waals surface area (Å²) in [5.41, 5.74) is 0.143. The summed E-state index contributed by atoms with van der Waals surface area (Å²) >= 11 is 5.96. The molecule has 0 saturated heterocycles. The first-order valence-corrected chi connectivity index (χ1v) is 8.15. The molecule has 21 heavy (non-hydrogen) atoms. The molecule has 0 saturated carbocycles. The molecule has 1 aromatic rings. The number of hydrogen-bond donors (Lipinski definition) is 1. The standard InChI is InChI=1S/C13H19ClN2O4S/c1-15-7-4-8-16(2)21(18,19)12-9-10(13(17)20-3)5-6-11(12)14/h5-6,9,15H,4,7-8H2,1-3H3. The van der Waals surface area contributed by atoms with Crippen LogP contribution in [0.5, 0.6) is 0 Å². The van der Waals surface area contributed by atoms with Crippen LogP contribution in [0.1, 0.15) is 16.8 Å². The van der Waals surface area contributed by atoms with Gasteiger partial charge in [-0.1, -0.05) is 11.6 Å². The van der Waals surface area contributed by atoms with Crippen molar-refractivity contribution < 1.29 is 17.9 Å². The van der Waals surface area contributed by atoms with Crippen LogP contribution >= 0.6 is 11.6 Å². The number of rotatable bonds is 7. The highest BCUT2D eigenvalue weighted by Crippen LogP contribution is 2.25. The molecule has 0 bridgehead atoms. The average molecular weight is 335 g/mol. The lowest BCUT2D eigenvalue weighted by molar-refractivity contribution is 0.0600. The highest BCUT2D eigenvalue weighted by atomic mass is 35.5. The van der Waals surface area contributed by atoms with Crippen LogP contribution in [0, 0.1) is 0 Å². The molecule has 0 aromatic heterocycles. The molecule has 6 nitrogen and oxygen atoms in total. The van der Waals surface area contributed by atoms with Crippen LogP contribution in [0.25, 0.3) is 0 Å². The normalized spacial score (nSPS) is 11.7. The summed E-state index contributed by atoms with van der Waals surface area (Å²) in [7, 11) is 0.758. The number of hydrogen-bond acceptors (Lipinski definition) is 5.